The van der Waals surface area contributed by atoms with Crippen molar-refractivity contribution in [1.82, 2.24) is 0 Å². The molecule has 1 aromatic carbocycles. The summed E-state index contributed by atoms with van der Waals surface area (Å²) in [5, 5.41) is 9.16. The maximum absolute atomic E-state index is 13.2. The first-order valence-electron chi connectivity index (χ1n) is 6.51. The van der Waals surface area contributed by atoms with Crippen molar-refractivity contribution in [2.45, 2.75) is 25.2 Å². The van der Waals surface area contributed by atoms with Crippen LogP contribution in [0.1, 0.15) is 30.7 Å². The molecule has 2 fully saturated rings. The van der Waals surface area contributed by atoms with Crippen molar-refractivity contribution < 1.29 is 13.6 Å². The number of benzene rings is 1. The lowest BCUT2D eigenvalue weighted by atomic mass is 9.91. The zero-order valence-corrected chi connectivity index (χ0v) is 10.3. The Morgan fingerprint density at radius 2 is 1.79 bits per heavy atom. The number of hydrogen-bond donors (Lipinski definition) is 0. The predicted molar refractivity (Wildman–Crippen MR) is 64.0 cm³/mol. The lowest BCUT2D eigenvalue weighted by Gasteiger charge is -2.10. The lowest BCUT2D eigenvalue weighted by Crippen LogP contribution is -2.16. The number of rotatable bonds is 3. The summed E-state index contributed by atoms with van der Waals surface area (Å²) in [5.41, 5.74) is 0.134. The third-order valence-electron chi connectivity index (χ3n) is 4.37. The topological polar surface area (TPSA) is 40.9 Å². The fourth-order valence-corrected chi connectivity index (χ4v) is 3.48. The zero-order valence-electron chi connectivity index (χ0n) is 10.3. The number of carbonyl (C=O) groups is 1. The normalized spacial score (nSPS) is 29.4. The highest BCUT2D eigenvalue weighted by Crippen LogP contribution is 2.59. The van der Waals surface area contributed by atoms with Crippen LogP contribution in [-0.4, -0.2) is 5.78 Å². The molecule has 2 aliphatic rings. The van der Waals surface area contributed by atoms with Gasteiger partial charge in [0.1, 0.15) is 17.6 Å². The number of halogens is 2. The standard InChI is InChI=1S/C15H13F2NO/c16-9-4-8(5-10(17)6-9)13(7-18)15(19)14-11-2-1-3-12(11)14/h4-6,11-14H,1-3H2. The van der Waals surface area contributed by atoms with Gasteiger partial charge in [0, 0.05) is 12.0 Å². The molecule has 2 aliphatic carbocycles. The second kappa shape index (κ2) is 4.41. The van der Waals surface area contributed by atoms with Crippen LogP contribution in [0.4, 0.5) is 8.78 Å². The smallest absolute Gasteiger partial charge is 0.158 e. The molecule has 3 atom stereocenters. The monoisotopic (exact) mass is 261 g/mol. The number of ketones is 1. The highest BCUT2D eigenvalue weighted by atomic mass is 19.1. The van der Waals surface area contributed by atoms with E-state index in [9.17, 15) is 13.6 Å². The van der Waals surface area contributed by atoms with E-state index in [2.05, 4.69) is 0 Å². The fraction of sp³-hybridized carbons (Fsp3) is 0.467. The molecule has 0 radical (unpaired) electrons. The molecule has 98 valence electrons. The van der Waals surface area contributed by atoms with E-state index in [1.54, 1.807) is 0 Å². The molecule has 3 rings (SSSR count). The van der Waals surface area contributed by atoms with Gasteiger partial charge in [-0.15, -0.1) is 0 Å². The molecule has 2 saturated carbocycles. The number of fused-ring (bicyclic) bond motifs is 1. The van der Waals surface area contributed by atoms with E-state index in [0.717, 1.165) is 37.5 Å². The molecule has 0 aromatic heterocycles. The number of Topliss-reactive ketones (excluding diaryl/α,β-unsaturated/α-hetero) is 1. The highest BCUT2D eigenvalue weighted by molar-refractivity contribution is 5.93. The molecule has 0 bridgehead atoms. The van der Waals surface area contributed by atoms with Gasteiger partial charge in [-0.1, -0.05) is 6.42 Å². The largest absolute Gasteiger partial charge is 0.298 e. The van der Waals surface area contributed by atoms with E-state index >= 15 is 0 Å². The van der Waals surface area contributed by atoms with Crippen molar-refractivity contribution in [3.05, 3.63) is 35.4 Å². The maximum atomic E-state index is 13.2. The van der Waals surface area contributed by atoms with Crippen LogP contribution in [0.5, 0.6) is 0 Å². The predicted octanol–water partition coefficient (Wildman–Crippen LogP) is 3.19. The third kappa shape index (κ3) is 2.03. The quantitative estimate of drug-likeness (QED) is 0.838. The van der Waals surface area contributed by atoms with Crippen molar-refractivity contribution in [3.63, 3.8) is 0 Å². The van der Waals surface area contributed by atoms with Crippen LogP contribution in [0.3, 0.4) is 0 Å². The van der Waals surface area contributed by atoms with Crippen molar-refractivity contribution >= 4 is 5.78 Å². The Bertz CT molecular complexity index is 548. The van der Waals surface area contributed by atoms with E-state index in [4.69, 9.17) is 5.26 Å². The Labute approximate surface area is 110 Å². The Morgan fingerprint density at radius 1 is 1.21 bits per heavy atom. The van der Waals surface area contributed by atoms with Gasteiger partial charge in [-0.2, -0.15) is 5.26 Å². The number of hydrogen-bond acceptors (Lipinski definition) is 2. The fourth-order valence-electron chi connectivity index (χ4n) is 3.48. The van der Waals surface area contributed by atoms with Gasteiger partial charge in [0.25, 0.3) is 0 Å². The van der Waals surface area contributed by atoms with Crippen LogP contribution >= 0.6 is 0 Å². The van der Waals surface area contributed by atoms with Gasteiger partial charge in [-0.3, -0.25) is 4.79 Å². The first kappa shape index (κ1) is 12.3. The van der Waals surface area contributed by atoms with Gasteiger partial charge in [0.2, 0.25) is 0 Å². The van der Waals surface area contributed by atoms with Crippen molar-refractivity contribution in [3.8, 4) is 6.07 Å². The zero-order chi connectivity index (χ0) is 13.6. The molecule has 4 heteroatoms. The van der Waals surface area contributed by atoms with Crippen LogP contribution in [0.25, 0.3) is 0 Å². The van der Waals surface area contributed by atoms with Gasteiger partial charge in [0.15, 0.2) is 5.78 Å². The summed E-state index contributed by atoms with van der Waals surface area (Å²) in [6.45, 7) is 0. The minimum absolute atomic E-state index is 0.0651. The number of nitrogens with zero attached hydrogens (tertiary/aromatic N) is 1. The Balaban J connectivity index is 1.85. The second-order valence-electron chi connectivity index (χ2n) is 5.45. The van der Waals surface area contributed by atoms with Crippen molar-refractivity contribution in [2.75, 3.05) is 0 Å². The van der Waals surface area contributed by atoms with Crippen LogP contribution in [0.15, 0.2) is 18.2 Å². The number of nitriles is 1. The maximum Gasteiger partial charge on any atom is 0.158 e. The molecular weight excluding hydrogens is 248 g/mol. The molecule has 0 N–H and O–H groups in total. The van der Waals surface area contributed by atoms with Crippen LogP contribution < -0.4 is 0 Å². The summed E-state index contributed by atoms with van der Waals surface area (Å²) < 4.78 is 26.3. The summed E-state index contributed by atoms with van der Waals surface area (Å²) in [6.07, 6.45) is 3.22. The summed E-state index contributed by atoms with van der Waals surface area (Å²) in [4.78, 5) is 12.3. The van der Waals surface area contributed by atoms with E-state index in [0.29, 0.717) is 11.8 Å². The molecule has 0 amide bonds. The molecule has 0 heterocycles. The summed E-state index contributed by atoms with van der Waals surface area (Å²) in [5.74, 6) is -1.96. The van der Waals surface area contributed by atoms with E-state index in [1.807, 2.05) is 6.07 Å². The third-order valence-corrected chi connectivity index (χ3v) is 4.37. The first-order valence-corrected chi connectivity index (χ1v) is 6.51. The van der Waals surface area contributed by atoms with Crippen LogP contribution in [0.2, 0.25) is 0 Å². The second-order valence-corrected chi connectivity index (χ2v) is 5.45. The lowest BCUT2D eigenvalue weighted by molar-refractivity contribution is -0.121. The SMILES string of the molecule is N#CC(C(=O)C1C2CCCC21)c1cc(F)cc(F)c1. The highest BCUT2D eigenvalue weighted by Gasteiger charge is 2.57. The Hall–Kier alpha value is -1.76. The summed E-state index contributed by atoms with van der Waals surface area (Å²) in [6, 6.07) is 4.80. The number of carbonyl (C=O) groups excluding carboxylic acids is 1. The van der Waals surface area contributed by atoms with Gasteiger partial charge in [-0.25, -0.2) is 8.78 Å². The average Bonchev–Trinajstić information content (AvgIpc) is 2.82. The first-order chi connectivity index (χ1) is 9.11. The Kier molecular flexibility index (Phi) is 2.85. The minimum atomic E-state index is -1.04. The molecule has 0 saturated heterocycles. The molecule has 19 heavy (non-hydrogen) atoms. The van der Waals surface area contributed by atoms with Gasteiger partial charge < -0.3 is 0 Å². The van der Waals surface area contributed by atoms with E-state index in [1.165, 1.54) is 0 Å². The Morgan fingerprint density at radius 3 is 2.32 bits per heavy atom. The molecule has 3 unspecified atom stereocenters. The molecule has 1 aromatic rings. The summed E-state index contributed by atoms with van der Waals surface area (Å²) >= 11 is 0. The molecule has 0 spiro atoms. The van der Waals surface area contributed by atoms with E-state index in [-0.39, 0.29) is 17.3 Å². The van der Waals surface area contributed by atoms with E-state index < -0.39 is 17.6 Å². The minimum Gasteiger partial charge on any atom is -0.298 e. The van der Waals surface area contributed by atoms with Crippen molar-refractivity contribution in [2.24, 2.45) is 17.8 Å². The van der Waals surface area contributed by atoms with Gasteiger partial charge in [0.05, 0.1) is 6.07 Å². The molecule has 0 aliphatic heterocycles. The van der Waals surface area contributed by atoms with Crippen LogP contribution in [-0.2, 0) is 4.79 Å². The average molecular weight is 261 g/mol. The molecule has 2 nitrogen and oxygen atoms in total. The molecular formula is C15H13F2NO. The summed E-state index contributed by atoms with van der Waals surface area (Å²) in [7, 11) is 0. The van der Waals surface area contributed by atoms with Crippen molar-refractivity contribution in [1.29, 1.82) is 5.26 Å². The van der Waals surface area contributed by atoms with Gasteiger partial charge in [-0.05, 0) is 42.4 Å². The van der Waals surface area contributed by atoms with Gasteiger partial charge >= 0.3 is 0 Å². The van der Waals surface area contributed by atoms with Crippen LogP contribution in [0, 0.1) is 40.7 Å².